The molecular weight excluding hydrogens is 299 g/mol. The maximum Gasteiger partial charge on any atom is 0.257 e. The molecular formula is C16H15FN4O2. The first-order valence-corrected chi connectivity index (χ1v) is 7.18. The van der Waals surface area contributed by atoms with Gasteiger partial charge in [-0.3, -0.25) is 9.59 Å². The highest BCUT2D eigenvalue weighted by molar-refractivity contribution is 5.97. The summed E-state index contributed by atoms with van der Waals surface area (Å²) in [5.41, 5.74) is 6.26. The number of nitrogens with two attached hydrogens (primary N) is 1. The molecule has 0 spiro atoms. The zero-order chi connectivity index (χ0) is 16.4. The zero-order valence-corrected chi connectivity index (χ0v) is 12.2. The smallest absolute Gasteiger partial charge is 0.257 e. The first-order chi connectivity index (χ1) is 11.1. The van der Waals surface area contributed by atoms with Gasteiger partial charge in [-0.1, -0.05) is 30.3 Å². The molecule has 1 aromatic heterocycles. The number of carbonyl (C=O) groups is 2. The molecule has 118 valence electrons. The second-order valence-corrected chi connectivity index (χ2v) is 5.37. The van der Waals surface area contributed by atoms with E-state index in [2.05, 4.69) is 9.97 Å². The molecule has 2 amide bonds. The van der Waals surface area contributed by atoms with Crippen molar-refractivity contribution in [2.24, 2.45) is 5.73 Å². The molecule has 1 saturated heterocycles. The molecule has 1 fully saturated rings. The maximum absolute atomic E-state index is 13.5. The predicted molar refractivity (Wildman–Crippen MR) is 81.0 cm³/mol. The Balaban J connectivity index is 1.82. The summed E-state index contributed by atoms with van der Waals surface area (Å²) in [5.74, 6) is -0.715. The fourth-order valence-electron chi connectivity index (χ4n) is 2.62. The SMILES string of the molecule is NC(=O)[C@@H]1C[C@@H](F)CN1C(=O)c1cnc(-c2ccccc2)nc1. The normalized spacial score (nSPS) is 20.5. The molecule has 3 rings (SSSR count). The lowest BCUT2D eigenvalue weighted by atomic mass is 10.2. The van der Waals surface area contributed by atoms with Gasteiger partial charge in [0, 0.05) is 24.4 Å². The molecule has 0 aliphatic carbocycles. The molecule has 2 atom stereocenters. The van der Waals surface area contributed by atoms with Gasteiger partial charge in [-0.2, -0.15) is 0 Å². The molecule has 7 heteroatoms. The second-order valence-electron chi connectivity index (χ2n) is 5.37. The molecule has 2 heterocycles. The minimum absolute atomic E-state index is 0.0654. The Kier molecular flexibility index (Phi) is 4.01. The van der Waals surface area contributed by atoms with Gasteiger partial charge in [-0.05, 0) is 0 Å². The lowest BCUT2D eigenvalue weighted by molar-refractivity contribution is -0.121. The number of alkyl halides is 1. The van der Waals surface area contributed by atoms with E-state index in [1.807, 2.05) is 30.3 Å². The number of nitrogens with zero attached hydrogens (tertiary/aromatic N) is 3. The van der Waals surface area contributed by atoms with Crippen molar-refractivity contribution in [3.8, 4) is 11.4 Å². The monoisotopic (exact) mass is 314 g/mol. The van der Waals surface area contributed by atoms with Crippen LogP contribution in [0.15, 0.2) is 42.7 Å². The lowest BCUT2D eigenvalue weighted by Crippen LogP contribution is -2.43. The van der Waals surface area contributed by atoms with Crippen LogP contribution in [0.4, 0.5) is 4.39 Å². The van der Waals surface area contributed by atoms with Crippen molar-refractivity contribution < 1.29 is 14.0 Å². The largest absolute Gasteiger partial charge is 0.368 e. The minimum atomic E-state index is -1.25. The van der Waals surface area contributed by atoms with E-state index in [1.165, 1.54) is 12.4 Å². The van der Waals surface area contributed by atoms with Crippen molar-refractivity contribution in [1.29, 1.82) is 0 Å². The third-order valence-corrected chi connectivity index (χ3v) is 3.77. The molecule has 23 heavy (non-hydrogen) atoms. The molecule has 6 nitrogen and oxygen atoms in total. The summed E-state index contributed by atoms with van der Waals surface area (Å²) in [6, 6.07) is 8.39. The summed E-state index contributed by atoms with van der Waals surface area (Å²) in [7, 11) is 0. The summed E-state index contributed by atoms with van der Waals surface area (Å²) in [5, 5.41) is 0. The number of hydrogen-bond donors (Lipinski definition) is 1. The number of primary amides is 1. The molecule has 2 N–H and O–H groups in total. The van der Waals surface area contributed by atoms with Crippen LogP contribution >= 0.6 is 0 Å². The van der Waals surface area contributed by atoms with Crippen LogP contribution < -0.4 is 5.73 Å². The minimum Gasteiger partial charge on any atom is -0.368 e. The maximum atomic E-state index is 13.5. The van der Waals surface area contributed by atoms with Gasteiger partial charge in [0.05, 0.1) is 12.1 Å². The van der Waals surface area contributed by atoms with Crippen LogP contribution in [0.5, 0.6) is 0 Å². The van der Waals surface area contributed by atoms with Crippen LogP contribution in [-0.4, -0.2) is 45.4 Å². The summed E-state index contributed by atoms with van der Waals surface area (Å²) in [6.07, 6.45) is 1.44. The summed E-state index contributed by atoms with van der Waals surface area (Å²) >= 11 is 0. The number of rotatable bonds is 3. The van der Waals surface area contributed by atoms with Crippen LogP contribution in [0.25, 0.3) is 11.4 Å². The van der Waals surface area contributed by atoms with E-state index in [-0.39, 0.29) is 18.5 Å². The van der Waals surface area contributed by atoms with Crippen molar-refractivity contribution in [1.82, 2.24) is 14.9 Å². The highest BCUT2D eigenvalue weighted by Crippen LogP contribution is 2.22. The van der Waals surface area contributed by atoms with Gasteiger partial charge < -0.3 is 10.6 Å². The Hall–Kier alpha value is -2.83. The third kappa shape index (κ3) is 3.03. The summed E-state index contributed by atoms with van der Waals surface area (Å²) in [4.78, 5) is 33.3. The molecule has 1 aromatic carbocycles. The van der Waals surface area contributed by atoms with E-state index >= 15 is 0 Å². The Labute approximate surface area is 132 Å². The van der Waals surface area contributed by atoms with Crippen LogP contribution in [0.3, 0.4) is 0 Å². The molecule has 1 aliphatic heterocycles. The number of halogens is 1. The van der Waals surface area contributed by atoms with Crippen LogP contribution in [0.1, 0.15) is 16.8 Å². The van der Waals surface area contributed by atoms with Gasteiger partial charge in [0.25, 0.3) is 5.91 Å². The fraction of sp³-hybridized carbons (Fsp3) is 0.250. The van der Waals surface area contributed by atoms with Crippen molar-refractivity contribution >= 4 is 11.8 Å². The van der Waals surface area contributed by atoms with Crippen molar-refractivity contribution in [2.75, 3.05) is 6.54 Å². The van der Waals surface area contributed by atoms with E-state index in [0.717, 1.165) is 10.5 Å². The van der Waals surface area contributed by atoms with E-state index in [0.29, 0.717) is 5.82 Å². The first-order valence-electron chi connectivity index (χ1n) is 7.18. The van der Waals surface area contributed by atoms with E-state index < -0.39 is 24.0 Å². The highest BCUT2D eigenvalue weighted by Gasteiger charge is 2.39. The third-order valence-electron chi connectivity index (χ3n) is 3.77. The van der Waals surface area contributed by atoms with Gasteiger partial charge in [-0.25, -0.2) is 14.4 Å². The Morgan fingerprint density at radius 3 is 2.43 bits per heavy atom. The number of aromatic nitrogens is 2. The van der Waals surface area contributed by atoms with E-state index in [1.54, 1.807) is 0 Å². The quantitative estimate of drug-likeness (QED) is 0.921. The first kappa shape index (κ1) is 15.1. The number of hydrogen-bond acceptors (Lipinski definition) is 4. The predicted octanol–water partition coefficient (Wildman–Crippen LogP) is 1.18. The molecule has 1 aliphatic rings. The Morgan fingerprint density at radius 2 is 1.83 bits per heavy atom. The second kappa shape index (κ2) is 6.12. The van der Waals surface area contributed by atoms with Gasteiger partial charge in [-0.15, -0.1) is 0 Å². The van der Waals surface area contributed by atoms with E-state index in [4.69, 9.17) is 5.73 Å². The number of amides is 2. The Bertz CT molecular complexity index is 721. The number of benzene rings is 1. The van der Waals surface area contributed by atoms with Gasteiger partial charge in [0.15, 0.2) is 5.82 Å². The highest BCUT2D eigenvalue weighted by atomic mass is 19.1. The molecule has 0 saturated carbocycles. The van der Waals surface area contributed by atoms with Gasteiger partial charge in [0.2, 0.25) is 5.91 Å². The molecule has 2 aromatic rings. The van der Waals surface area contributed by atoms with Gasteiger partial charge in [0.1, 0.15) is 12.2 Å². The zero-order valence-electron chi connectivity index (χ0n) is 12.2. The van der Waals surface area contributed by atoms with Crippen LogP contribution in [-0.2, 0) is 4.79 Å². The summed E-state index contributed by atoms with van der Waals surface area (Å²) < 4.78 is 13.5. The topological polar surface area (TPSA) is 89.2 Å². The van der Waals surface area contributed by atoms with Crippen molar-refractivity contribution in [3.63, 3.8) is 0 Å². The average Bonchev–Trinajstić information content (AvgIpc) is 2.97. The molecule has 0 radical (unpaired) electrons. The number of likely N-dealkylation sites (tertiary alicyclic amines) is 1. The summed E-state index contributed by atoms with van der Waals surface area (Å²) in [6.45, 7) is -0.146. The van der Waals surface area contributed by atoms with Crippen LogP contribution in [0, 0.1) is 0 Å². The van der Waals surface area contributed by atoms with Gasteiger partial charge >= 0.3 is 0 Å². The Morgan fingerprint density at radius 1 is 1.17 bits per heavy atom. The van der Waals surface area contributed by atoms with Crippen molar-refractivity contribution in [3.05, 3.63) is 48.3 Å². The van der Waals surface area contributed by atoms with E-state index in [9.17, 15) is 14.0 Å². The molecule has 0 unspecified atom stereocenters. The van der Waals surface area contributed by atoms with Crippen LogP contribution in [0.2, 0.25) is 0 Å². The molecule has 0 bridgehead atoms. The average molecular weight is 314 g/mol. The standard InChI is InChI=1S/C16H15FN4O2/c17-12-6-13(14(18)22)21(9-12)16(23)11-7-19-15(20-8-11)10-4-2-1-3-5-10/h1-5,7-8,12-13H,6,9H2,(H2,18,22)/t12-,13+/m1/s1. The fourth-order valence-corrected chi connectivity index (χ4v) is 2.62. The van der Waals surface area contributed by atoms with Crippen molar-refractivity contribution in [2.45, 2.75) is 18.6 Å². The lowest BCUT2D eigenvalue weighted by Gasteiger charge is -2.21. The number of carbonyl (C=O) groups excluding carboxylic acids is 2.